The van der Waals surface area contributed by atoms with E-state index < -0.39 is 0 Å². The number of benzene rings is 8. The predicted octanol–water partition coefficient (Wildman–Crippen LogP) is 20.7. The quantitative estimate of drug-likeness (QED) is 0.0506. The number of hydrogen-bond acceptors (Lipinski definition) is 24. The minimum absolute atomic E-state index is 0.000662. The maximum Gasteiger partial charge on any atom is 0.318 e. The van der Waals surface area contributed by atoms with Gasteiger partial charge in [0.05, 0.1) is 72.0 Å². The number of carbonyl (C=O) groups is 2. The summed E-state index contributed by atoms with van der Waals surface area (Å²) < 4.78 is 50.4. The third-order valence-corrected chi connectivity index (χ3v) is 23.8. The van der Waals surface area contributed by atoms with Gasteiger partial charge in [0.15, 0.2) is 0 Å². The molecule has 12 aromatic rings. The van der Waals surface area contributed by atoms with Gasteiger partial charge in [-0.25, -0.2) is 9.59 Å². The number of urea groups is 2. The van der Waals surface area contributed by atoms with Crippen molar-refractivity contribution >= 4 is 12.1 Å². The van der Waals surface area contributed by atoms with Gasteiger partial charge in [-0.2, -0.15) is 41.0 Å². The van der Waals surface area contributed by atoms with Crippen molar-refractivity contribution in [3.63, 3.8) is 0 Å². The lowest BCUT2D eigenvalue weighted by atomic mass is 9.94. The Kier molecular flexibility index (Phi) is 29.5. The van der Waals surface area contributed by atoms with Crippen molar-refractivity contribution in [1.29, 1.82) is 21.0 Å². The normalized spacial score (nSPS) is 16.3. The van der Waals surface area contributed by atoms with Crippen LogP contribution in [-0.4, -0.2) is 133 Å². The molecule has 28 heteroatoms. The highest BCUT2D eigenvalue weighted by atomic mass is 16.5. The van der Waals surface area contributed by atoms with Crippen molar-refractivity contribution in [3.05, 3.63) is 212 Å². The van der Waals surface area contributed by atoms with Gasteiger partial charge < -0.3 is 67.5 Å². The van der Waals surface area contributed by atoms with Crippen LogP contribution in [0.4, 0.5) is 9.59 Å². The van der Waals surface area contributed by atoms with Crippen molar-refractivity contribution < 1.29 is 51.4 Å². The van der Waals surface area contributed by atoms with E-state index in [1.54, 1.807) is 53.4 Å². The summed E-state index contributed by atoms with van der Waals surface area (Å²) >= 11 is 0. The highest BCUT2D eigenvalue weighted by Crippen LogP contribution is 2.45. The summed E-state index contributed by atoms with van der Waals surface area (Å²) in [6.07, 6.45) is 15.8. The summed E-state index contributed by atoms with van der Waals surface area (Å²) in [5, 5.41) is 65.0. The molecule has 2 fully saturated rings. The molecular weight excluding hydrogens is 1640 g/mol. The Morgan fingerprint density at radius 3 is 1.07 bits per heavy atom. The smallest absolute Gasteiger partial charge is 0.318 e. The van der Waals surface area contributed by atoms with Gasteiger partial charge in [0, 0.05) is 76.7 Å². The molecule has 18 rings (SSSR count). The number of unbranched alkanes of at least 4 members (excludes halogenated alkanes) is 1. The summed E-state index contributed by atoms with van der Waals surface area (Å²) in [5.74, 6) is 6.48. The van der Waals surface area contributed by atoms with Gasteiger partial charge >= 0.3 is 12.1 Å². The highest BCUT2D eigenvalue weighted by Gasteiger charge is 2.34. The minimum Gasteiger partial charge on any atom is -0.490 e. The zero-order valence-corrected chi connectivity index (χ0v) is 75.3. The number of ether oxygens (including phenoxy) is 5. The van der Waals surface area contributed by atoms with Crippen LogP contribution < -0.4 is 34.9 Å². The lowest BCUT2D eigenvalue weighted by Gasteiger charge is -2.28. The molecule has 4 amide bonds. The zero-order chi connectivity index (χ0) is 90.9. The van der Waals surface area contributed by atoms with E-state index >= 15 is 0 Å². The Morgan fingerprint density at radius 2 is 0.731 bits per heavy atom. The molecule has 0 unspecified atom stereocenters. The number of carbonyl (C=O) groups excluding carboxylic acids is 2. The predicted molar refractivity (Wildman–Crippen MR) is 490 cm³/mol. The number of hydrogen-bond donors (Lipinski definition) is 3. The summed E-state index contributed by atoms with van der Waals surface area (Å²) in [5.41, 5.74) is 18.2. The Bertz CT molecular complexity index is 5810. The molecule has 4 aromatic heterocycles. The first-order valence-electron chi connectivity index (χ1n) is 45.4. The van der Waals surface area contributed by atoms with Gasteiger partial charge in [-0.15, -0.1) is 0 Å². The number of nitrogens with zero attached hydrogens (tertiary/aromatic N) is 14. The Balaban J connectivity index is 0.000000133. The van der Waals surface area contributed by atoms with Crippen LogP contribution in [0.3, 0.4) is 0 Å². The zero-order valence-electron chi connectivity index (χ0n) is 75.3. The number of nitriles is 4. The van der Waals surface area contributed by atoms with E-state index in [9.17, 15) is 30.6 Å². The fourth-order valence-electron chi connectivity index (χ4n) is 17.7. The average Bonchev–Trinajstić information content (AvgIpc) is 1.71. The molecule has 0 spiro atoms. The van der Waals surface area contributed by atoms with E-state index in [1.807, 2.05) is 115 Å². The second-order valence-corrected chi connectivity index (χ2v) is 34.3. The molecule has 6 heterocycles. The fourth-order valence-corrected chi connectivity index (χ4v) is 17.7. The lowest BCUT2D eigenvalue weighted by Crippen LogP contribution is -2.46. The first-order chi connectivity index (χ1) is 63.3. The Hall–Kier alpha value is -14.1. The maximum atomic E-state index is 12.8. The van der Waals surface area contributed by atoms with E-state index in [4.69, 9.17) is 41.8 Å². The van der Waals surface area contributed by atoms with Crippen LogP contribution in [-0.2, 0) is 30.4 Å². The number of fused-ring (bicyclic) bond motifs is 4. The Morgan fingerprint density at radius 1 is 0.408 bits per heavy atom. The summed E-state index contributed by atoms with van der Waals surface area (Å²) in [7, 11) is 0. The number of aromatic nitrogens is 8. The van der Waals surface area contributed by atoms with Gasteiger partial charge in [-0.1, -0.05) is 120 Å². The largest absolute Gasteiger partial charge is 0.490 e. The number of morpholine rings is 1. The van der Waals surface area contributed by atoms with Crippen LogP contribution in [0.5, 0.6) is 23.0 Å². The maximum absolute atomic E-state index is 12.8. The lowest BCUT2D eigenvalue weighted by molar-refractivity contribution is 0.0525. The molecule has 2 saturated heterocycles. The number of amides is 4. The first kappa shape index (κ1) is 90.7. The van der Waals surface area contributed by atoms with Crippen molar-refractivity contribution in [2.24, 2.45) is 0 Å². The van der Waals surface area contributed by atoms with Crippen LogP contribution in [0.25, 0.3) is 91.4 Å². The molecule has 6 aliphatic rings. The van der Waals surface area contributed by atoms with Crippen LogP contribution >= 0.6 is 0 Å². The van der Waals surface area contributed by atoms with Gasteiger partial charge in [0.1, 0.15) is 47.3 Å². The Labute approximate surface area is 757 Å². The highest BCUT2D eigenvalue weighted by molar-refractivity contribution is 5.78. The minimum atomic E-state index is -0.0587. The molecular formula is C102H109N17O11. The molecule has 2 aliphatic heterocycles. The standard InChI is InChI=1S/C27H29N5O3.C26H27N5O4.C25H27N3O2.C24H26N4O2/c1-17(2)34-24-12-9-18(15-19(24)16-28)26-30-25(31-35-26)22-8-6-7-21-20(22)10-11-23(21)29-27(33)32-13-4-3-5-14-32;1-16(2)34-23-9-6-17(14-18(23)15-27)25-29-24(30-35-25)21-5-3-4-20-19(21)7-8-22(20)28-26(32)31-10-12-33-13-11-31;1-4-5-7-17-10-12-21-20(17)8-6-9-22(21)24-27-25(30-28-24)18-11-13-23(29-16(2)3)19(14-18)15-26;1-4-12-26-21-10-9-18-19(21)6-5-7-20(18)23-27-24(30-28-23)16-8-11-22(29-15(2)3)17(13-16)14-25/h6-9,12,15,17,23H,3-5,10-11,13-14H2,1-2H3,(H,29,33);3-6,9,14,16,22H,7-8,10-13H2,1-2H3,(H,28,32);6,8-9,11,13-14,16-17H,4-5,7,10,12H2,1-3H3;5-8,11,13,15,21,26H,4,9-10,12H2,1-3H3/t23-;22-;17-;21-/m1010/s1. The van der Waals surface area contributed by atoms with Gasteiger partial charge in [0.25, 0.3) is 23.6 Å². The molecule has 0 bridgehead atoms. The summed E-state index contributed by atoms with van der Waals surface area (Å²) in [4.78, 5) is 47.7. The number of likely N-dealkylation sites (tertiary alicyclic amines) is 1. The van der Waals surface area contributed by atoms with Gasteiger partial charge in [-0.05, 0) is 269 Å². The van der Waals surface area contributed by atoms with Gasteiger partial charge in [-0.3, -0.25) is 0 Å². The van der Waals surface area contributed by atoms with Crippen molar-refractivity contribution in [2.75, 3.05) is 45.9 Å². The topological polar surface area (TPSA) is 374 Å². The second kappa shape index (κ2) is 42.2. The monoisotopic (exact) mass is 1750 g/mol. The van der Waals surface area contributed by atoms with Crippen LogP contribution in [0, 0.1) is 45.3 Å². The molecule has 0 radical (unpaired) electrons. The van der Waals surface area contributed by atoms with Crippen LogP contribution in [0.1, 0.15) is 231 Å². The first-order valence-corrected chi connectivity index (χ1v) is 45.4. The number of rotatable bonds is 24. The summed E-state index contributed by atoms with van der Waals surface area (Å²) in [6, 6.07) is 55.0. The van der Waals surface area contributed by atoms with Crippen molar-refractivity contribution in [1.82, 2.24) is 66.3 Å². The summed E-state index contributed by atoms with van der Waals surface area (Å²) in [6.45, 7) is 24.8. The van der Waals surface area contributed by atoms with Crippen LogP contribution in [0.2, 0.25) is 0 Å². The SMILES string of the molecule is CC(C)Oc1ccc(-c2nc(-c3cccc4c3CC[C@@H]4NC(=O)N3CCOCC3)no2)cc1C#N.CC(C)Oc1ccc(-c2nc(-c3cccc4c3CC[C@H]4NC(=O)N3CCCCC3)no2)cc1C#N.CCCC[C@@H]1CCc2c(-c3noc(-c4ccc(OC(C)C)c(C#N)c4)n3)cccc21.CCCN[C@H]1CCc2c(-c3noc(-c4ccc(OC(C)C)c(C#N)c4)n3)cccc21. The third kappa shape index (κ3) is 21.2. The molecule has 4 atom stereocenters. The molecule has 130 heavy (non-hydrogen) atoms. The molecule has 4 aliphatic carbocycles. The average molecular weight is 1750 g/mol. The van der Waals surface area contributed by atoms with E-state index in [0.717, 1.165) is 134 Å². The van der Waals surface area contributed by atoms with E-state index in [2.05, 4.69) is 137 Å². The number of nitrogens with one attached hydrogen (secondary N) is 3. The second-order valence-electron chi connectivity index (χ2n) is 34.3. The van der Waals surface area contributed by atoms with E-state index in [1.165, 1.54) is 54.4 Å². The van der Waals surface area contributed by atoms with E-state index in [-0.39, 0.29) is 48.6 Å². The van der Waals surface area contributed by atoms with E-state index in [0.29, 0.717) is 147 Å². The third-order valence-electron chi connectivity index (χ3n) is 23.8. The van der Waals surface area contributed by atoms with Crippen LogP contribution in [0.15, 0.2) is 164 Å². The van der Waals surface area contributed by atoms with Gasteiger partial charge in [0.2, 0.25) is 23.3 Å². The number of piperidine rings is 1. The molecule has 0 saturated carbocycles. The molecule has 28 nitrogen and oxygen atoms in total. The van der Waals surface area contributed by atoms with Crippen molar-refractivity contribution in [2.45, 2.75) is 214 Å². The molecule has 668 valence electrons. The molecule has 3 N–H and O–H groups in total. The van der Waals surface area contributed by atoms with Crippen molar-refractivity contribution in [3.8, 4) is 139 Å². The fraction of sp³-hybridized carbons (Fsp3) is 0.392. The molecule has 8 aromatic carbocycles.